The Labute approximate surface area is 113 Å². The van der Waals surface area contributed by atoms with Crippen LogP contribution < -0.4 is 5.32 Å². The van der Waals surface area contributed by atoms with Gasteiger partial charge in [0, 0.05) is 25.3 Å². The summed E-state index contributed by atoms with van der Waals surface area (Å²) in [6, 6.07) is 0.596. The number of hydrogen-bond donors (Lipinski definition) is 2. The Morgan fingerprint density at radius 3 is 2.63 bits per heavy atom. The van der Waals surface area contributed by atoms with Gasteiger partial charge in [0.05, 0.1) is 6.20 Å². The highest BCUT2D eigenvalue weighted by Gasteiger charge is 2.33. The Bertz CT molecular complexity index is 500. The molecule has 0 aromatic carbocycles. The first-order chi connectivity index (χ1) is 9.18. The van der Waals surface area contributed by atoms with E-state index in [9.17, 15) is 8.42 Å². The van der Waals surface area contributed by atoms with Gasteiger partial charge in [-0.3, -0.25) is 5.10 Å². The molecule has 106 valence electrons. The number of H-pyrrole nitrogens is 1. The lowest BCUT2D eigenvalue weighted by atomic mass is 9.89. The van der Waals surface area contributed by atoms with Gasteiger partial charge < -0.3 is 5.32 Å². The quantitative estimate of drug-likeness (QED) is 0.850. The van der Waals surface area contributed by atoms with E-state index in [0.717, 1.165) is 19.4 Å². The van der Waals surface area contributed by atoms with Gasteiger partial charge >= 0.3 is 0 Å². The molecule has 1 aromatic heterocycles. The molecule has 2 aliphatic rings. The average Bonchev–Trinajstić information content (AvgIpc) is 3.12. The van der Waals surface area contributed by atoms with E-state index in [-0.39, 0.29) is 4.90 Å². The second kappa shape index (κ2) is 5.22. The number of nitrogens with zero attached hydrogens (tertiary/aromatic N) is 2. The van der Waals surface area contributed by atoms with E-state index in [1.807, 2.05) is 0 Å². The first-order valence-electron chi connectivity index (χ1n) is 6.90. The predicted octanol–water partition coefficient (Wildman–Crippen LogP) is 0.562. The van der Waals surface area contributed by atoms with Crippen molar-refractivity contribution in [1.82, 2.24) is 19.8 Å². The summed E-state index contributed by atoms with van der Waals surface area (Å²) in [6.45, 7) is 2.35. The molecule has 1 unspecified atom stereocenters. The second-order valence-electron chi connectivity index (χ2n) is 5.38. The zero-order valence-electron chi connectivity index (χ0n) is 10.9. The highest BCUT2D eigenvalue weighted by Crippen LogP contribution is 2.28. The average molecular weight is 284 g/mol. The van der Waals surface area contributed by atoms with Gasteiger partial charge in [-0.2, -0.15) is 9.40 Å². The summed E-state index contributed by atoms with van der Waals surface area (Å²) in [5.74, 6) is 0.623. The van der Waals surface area contributed by atoms with Crippen molar-refractivity contribution in [3.63, 3.8) is 0 Å². The Balaban J connectivity index is 1.64. The molecule has 0 aliphatic carbocycles. The summed E-state index contributed by atoms with van der Waals surface area (Å²) in [7, 11) is -3.35. The van der Waals surface area contributed by atoms with E-state index >= 15 is 0 Å². The van der Waals surface area contributed by atoms with Gasteiger partial charge in [-0.15, -0.1) is 0 Å². The molecule has 7 heteroatoms. The molecule has 2 N–H and O–H groups in total. The topological polar surface area (TPSA) is 78.1 Å². The third kappa shape index (κ3) is 2.54. The summed E-state index contributed by atoms with van der Waals surface area (Å²) in [6.07, 6.45) is 7.21. The molecule has 0 spiro atoms. The van der Waals surface area contributed by atoms with Crippen molar-refractivity contribution in [3.05, 3.63) is 12.4 Å². The highest BCUT2D eigenvalue weighted by atomic mass is 32.2. The van der Waals surface area contributed by atoms with E-state index in [2.05, 4.69) is 15.5 Å². The number of nitrogens with one attached hydrogen (secondary N) is 2. The molecule has 6 nitrogen and oxygen atoms in total. The van der Waals surface area contributed by atoms with Crippen LogP contribution in [0.4, 0.5) is 0 Å². The van der Waals surface area contributed by atoms with Crippen LogP contribution in [-0.2, 0) is 10.0 Å². The van der Waals surface area contributed by atoms with Gasteiger partial charge in [0.2, 0.25) is 10.0 Å². The largest absolute Gasteiger partial charge is 0.314 e. The van der Waals surface area contributed by atoms with Gasteiger partial charge in [-0.05, 0) is 38.1 Å². The first kappa shape index (κ1) is 13.1. The minimum Gasteiger partial charge on any atom is -0.314 e. The first-order valence-corrected chi connectivity index (χ1v) is 8.34. The van der Waals surface area contributed by atoms with Crippen LogP contribution in [0.15, 0.2) is 17.3 Å². The number of aromatic nitrogens is 2. The molecule has 0 amide bonds. The van der Waals surface area contributed by atoms with Crippen molar-refractivity contribution in [2.75, 3.05) is 19.6 Å². The fourth-order valence-electron chi connectivity index (χ4n) is 3.16. The molecule has 2 saturated heterocycles. The van der Waals surface area contributed by atoms with Gasteiger partial charge in [0.15, 0.2) is 0 Å². The molecular formula is C12H20N4O2S. The minimum atomic E-state index is -3.35. The number of aromatic amines is 1. The van der Waals surface area contributed by atoms with Crippen LogP contribution in [0.3, 0.4) is 0 Å². The Morgan fingerprint density at radius 2 is 2.05 bits per heavy atom. The normalized spacial score (nSPS) is 26.8. The van der Waals surface area contributed by atoms with Crippen LogP contribution in [0, 0.1) is 5.92 Å². The van der Waals surface area contributed by atoms with Crippen molar-refractivity contribution in [2.24, 2.45) is 5.92 Å². The molecule has 0 saturated carbocycles. The molecule has 0 bridgehead atoms. The molecule has 1 atom stereocenters. The summed E-state index contributed by atoms with van der Waals surface area (Å²) >= 11 is 0. The van der Waals surface area contributed by atoms with Crippen molar-refractivity contribution in [3.8, 4) is 0 Å². The highest BCUT2D eigenvalue weighted by molar-refractivity contribution is 7.89. The lowest BCUT2D eigenvalue weighted by Crippen LogP contribution is -2.43. The van der Waals surface area contributed by atoms with Crippen LogP contribution in [0.1, 0.15) is 25.7 Å². The van der Waals surface area contributed by atoms with Crippen molar-refractivity contribution < 1.29 is 8.42 Å². The minimum absolute atomic E-state index is 0.268. The van der Waals surface area contributed by atoms with Crippen molar-refractivity contribution in [2.45, 2.75) is 36.6 Å². The molecule has 1 aromatic rings. The molecular weight excluding hydrogens is 264 g/mol. The lowest BCUT2D eigenvalue weighted by molar-refractivity contribution is 0.234. The summed E-state index contributed by atoms with van der Waals surface area (Å²) < 4.78 is 26.2. The molecule has 3 rings (SSSR count). The fourth-order valence-corrected chi connectivity index (χ4v) is 4.54. The standard InChI is InChI=1S/C12H20N4O2S/c17-19(18,11-8-14-15-9-11)16-6-3-10(4-7-16)12-2-1-5-13-12/h8-10,12-13H,1-7H2,(H,14,15). The monoisotopic (exact) mass is 284 g/mol. The summed E-state index contributed by atoms with van der Waals surface area (Å²) in [5, 5.41) is 9.81. The maximum absolute atomic E-state index is 12.3. The van der Waals surface area contributed by atoms with Crippen molar-refractivity contribution in [1.29, 1.82) is 0 Å². The Morgan fingerprint density at radius 1 is 1.26 bits per heavy atom. The number of rotatable bonds is 3. The number of sulfonamides is 1. The van der Waals surface area contributed by atoms with Gasteiger partial charge in [-0.25, -0.2) is 8.42 Å². The van der Waals surface area contributed by atoms with Crippen LogP contribution in [0.2, 0.25) is 0 Å². The summed E-state index contributed by atoms with van der Waals surface area (Å²) in [4.78, 5) is 0.268. The smallest absolute Gasteiger partial charge is 0.246 e. The van der Waals surface area contributed by atoms with Crippen LogP contribution in [-0.4, -0.2) is 48.6 Å². The molecule has 2 fully saturated rings. The molecule has 3 heterocycles. The van der Waals surface area contributed by atoms with E-state index in [0.29, 0.717) is 25.0 Å². The second-order valence-corrected chi connectivity index (χ2v) is 7.32. The summed E-state index contributed by atoms with van der Waals surface area (Å²) in [5.41, 5.74) is 0. The van der Waals surface area contributed by atoms with Crippen LogP contribution in [0.5, 0.6) is 0 Å². The van der Waals surface area contributed by atoms with Gasteiger partial charge in [0.1, 0.15) is 4.90 Å². The Hall–Kier alpha value is -0.920. The van der Waals surface area contributed by atoms with E-state index in [1.165, 1.54) is 25.2 Å². The molecule has 19 heavy (non-hydrogen) atoms. The molecule has 0 radical (unpaired) electrons. The van der Waals surface area contributed by atoms with E-state index in [1.54, 1.807) is 4.31 Å². The number of piperidine rings is 1. The third-order valence-electron chi connectivity index (χ3n) is 4.28. The van der Waals surface area contributed by atoms with Crippen LogP contribution >= 0.6 is 0 Å². The SMILES string of the molecule is O=S(=O)(c1cn[nH]c1)N1CCC(C2CCCN2)CC1. The maximum atomic E-state index is 12.3. The van der Waals surface area contributed by atoms with Crippen molar-refractivity contribution >= 4 is 10.0 Å². The zero-order valence-corrected chi connectivity index (χ0v) is 11.7. The van der Waals surface area contributed by atoms with Gasteiger partial charge in [-0.1, -0.05) is 0 Å². The van der Waals surface area contributed by atoms with E-state index in [4.69, 9.17) is 0 Å². The number of hydrogen-bond acceptors (Lipinski definition) is 4. The molecule has 2 aliphatic heterocycles. The van der Waals surface area contributed by atoms with Crippen LogP contribution in [0.25, 0.3) is 0 Å². The van der Waals surface area contributed by atoms with E-state index < -0.39 is 10.0 Å². The predicted molar refractivity (Wildman–Crippen MR) is 71.1 cm³/mol. The third-order valence-corrected chi connectivity index (χ3v) is 6.14. The fraction of sp³-hybridized carbons (Fsp3) is 0.750. The Kier molecular flexibility index (Phi) is 3.60. The maximum Gasteiger partial charge on any atom is 0.246 e. The lowest BCUT2D eigenvalue weighted by Gasteiger charge is -2.33. The van der Waals surface area contributed by atoms with Gasteiger partial charge in [0.25, 0.3) is 0 Å². The zero-order chi connectivity index (χ0) is 13.3.